The fraction of sp³-hybridized carbons (Fsp3) is 0.273. The number of rotatable bonds is 7. The van der Waals surface area contributed by atoms with E-state index in [0.29, 0.717) is 38.9 Å². The van der Waals surface area contributed by atoms with Gasteiger partial charge in [0, 0.05) is 29.7 Å². The van der Waals surface area contributed by atoms with Crippen molar-refractivity contribution in [2.24, 2.45) is 5.92 Å². The van der Waals surface area contributed by atoms with E-state index in [1.54, 1.807) is 47.0 Å². The minimum absolute atomic E-state index is 0.0871. The third kappa shape index (κ3) is 5.29. The van der Waals surface area contributed by atoms with Crippen molar-refractivity contribution in [3.63, 3.8) is 0 Å². The number of nitrogens with zero attached hydrogens (tertiary/aromatic N) is 2. The van der Waals surface area contributed by atoms with Crippen molar-refractivity contribution in [3.8, 4) is 0 Å². The molecule has 3 aromatic rings. The van der Waals surface area contributed by atoms with Crippen LogP contribution in [0.1, 0.15) is 31.1 Å². The Morgan fingerprint density at radius 2 is 1.87 bits per heavy atom. The van der Waals surface area contributed by atoms with Crippen LogP contribution in [0.3, 0.4) is 0 Å². The van der Waals surface area contributed by atoms with Gasteiger partial charge in [0.2, 0.25) is 5.91 Å². The first-order valence-corrected chi connectivity index (χ1v) is 10.8. The van der Waals surface area contributed by atoms with Crippen LogP contribution in [0.2, 0.25) is 5.02 Å². The van der Waals surface area contributed by atoms with Crippen molar-refractivity contribution in [2.75, 3.05) is 11.1 Å². The van der Waals surface area contributed by atoms with Gasteiger partial charge in [0.15, 0.2) is 10.9 Å². The van der Waals surface area contributed by atoms with Gasteiger partial charge in [-0.25, -0.2) is 4.98 Å². The number of amides is 1. The van der Waals surface area contributed by atoms with Gasteiger partial charge in [0.25, 0.3) is 5.56 Å². The highest BCUT2D eigenvalue weighted by Crippen LogP contribution is 2.22. The molecule has 0 fully saturated rings. The average Bonchev–Trinajstić information content (AvgIpc) is 2.69. The predicted molar refractivity (Wildman–Crippen MR) is 122 cm³/mol. The molecule has 156 valence electrons. The van der Waals surface area contributed by atoms with Gasteiger partial charge in [-0.2, -0.15) is 0 Å². The van der Waals surface area contributed by atoms with E-state index in [0.717, 1.165) is 0 Å². The number of anilines is 1. The standard InChI is InChI=1S/C22H22ClN3O3S/c1-13(2)11-26-21(29)18-10-16(23)6-9-19(18)25-22(26)30-12-20(28)15-4-7-17(8-5-15)24-14(3)27/h4-10,13H,11-12H2,1-3H3,(H,24,27). The Morgan fingerprint density at radius 3 is 2.50 bits per heavy atom. The monoisotopic (exact) mass is 443 g/mol. The van der Waals surface area contributed by atoms with E-state index >= 15 is 0 Å². The Hall–Kier alpha value is -2.64. The summed E-state index contributed by atoms with van der Waals surface area (Å²) in [6.07, 6.45) is 0. The number of nitrogens with one attached hydrogen (secondary N) is 1. The zero-order valence-electron chi connectivity index (χ0n) is 16.9. The van der Waals surface area contributed by atoms with Crippen molar-refractivity contribution in [3.05, 3.63) is 63.4 Å². The number of thioether (sulfide) groups is 1. The molecule has 0 saturated heterocycles. The first-order valence-electron chi connectivity index (χ1n) is 9.48. The average molecular weight is 444 g/mol. The zero-order valence-corrected chi connectivity index (χ0v) is 18.5. The van der Waals surface area contributed by atoms with E-state index < -0.39 is 0 Å². The summed E-state index contributed by atoms with van der Waals surface area (Å²) in [7, 11) is 0. The van der Waals surface area contributed by atoms with Gasteiger partial charge in [-0.15, -0.1) is 0 Å². The zero-order chi connectivity index (χ0) is 21.8. The van der Waals surface area contributed by atoms with Crippen molar-refractivity contribution in [1.29, 1.82) is 0 Å². The Labute approximate surface area is 183 Å². The second kappa shape index (κ2) is 9.45. The van der Waals surface area contributed by atoms with Crippen LogP contribution in [0.4, 0.5) is 5.69 Å². The lowest BCUT2D eigenvalue weighted by Crippen LogP contribution is -2.25. The van der Waals surface area contributed by atoms with Gasteiger partial charge in [-0.3, -0.25) is 19.0 Å². The van der Waals surface area contributed by atoms with Gasteiger partial charge in [0.05, 0.1) is 16.7 Å². The van der Waals surface area contributed by atoms with Crippen molar-refractivity contribution >= 4 is 51.6 Å². The van der Waals surface area contributed by atoms with E-state index in [1.807, 2.05) is 13.8 Å². The van der Waals surface area contributed by atoms with Crippen LogP contribution in [0.15, 0.2) is 52.4 Å². The molecule has 1 heterocycles. The second-order valence-electron chi connectivity index (χ2n) is 7.34. The first kappa shape index (κ1) is 22.1. The number of Topliss-reactive ketones (excluding diaryl/α,β-unsaturated/α-hetero) is 1. The molecule has 0 aliphatic rings. The summed E-state index contributed by atoms with van der Waals surface area (Å²) in [5.41, 5.74) is 1.55. The number of benzene rings is 2. The van der Waals surface area contributed by atoms with Gasteiger partial charge in [0.1, 0.15) is 0 Å². The summed E-state index contributed by atoms with van der Waals surface area (Å²) in [5.74, 6) is 0.119. The van der Waals surface area contributed by atoms with Crippen molar-refractivity contribution in [1.82, 2.24) is 9.55 Å². The number of aromatic nitrogens is 2. The highest BCUT2D eigenvalue weighted by atomic mass is 35.5. The van der Waals surface area contributed by atoms with E-state index in [9.17, 15) is 14.4 Å². The lowest BCUT2D eigenvalue weighted by atomic mass is 10.1. The van der Waals surface area contributed by atoms with Crippen LogP contribution < -0.4 is 10.9 Å². The van der Waals surface area contributed by atoms with E-state index in [1.165, 1.54) is 18.7 Å². The smallest absolute Gasteiger partial charge is 0.262 e. The first-order chi connectivity index (χ1) is 14.2. The summed E-state index contributed by atoms with van der Waals surface area (Å²) < 4.78 is 1.61. The SMILES string of the molecule is CC(=O)Nc1ccc(C(=O)CSc2nc3ccc(Cl)cc3c(=O)n2CC(C)C)cc1. The molecule has 8 heteroatoms. The molecule has 1 N–H and O–H groups in total. The van der Waals surface area contributed by atoms with E-state index in [-0.39, 0.29) is 28.9 Å². The number of ketones is 1. The molecule has 2 aromatic carbocycles. The molecule has 0 aliphatic heterocycles. The molecule has 0 atom stereocenters. The van der Waals surface area contributed by atoms with Crippen LogP contribution in [-0.2, 0) is 11.3 Å². The van der Waals surface area contributed by atoms with E-state index in [4.69, 9.17) is 11.6 Å². The largest absolute Gasteiger partial charge is 0.326 e. The maximum Gasteiger partial charge on any atom is 0.262 e. The Morgan fingerprint density at radius 1 is 1.17 bits per heavy atom. The van der Waals surface area contributed by atoms with Crippen molar-refractivity contribution < 1.29 is 9.59 Å². The number of hydrogen-bond donors (Lipinski definition) is 1. The molecule has 0 radical (unpaired) electrons. The fourth-order valence-corrected chi connectivity index (χ4v) is 4.04. The molecule has 30 heavy (non-hydrogen) atoms. The molecule has 0 bridgehead atoms. The number of halogens is 1. The lowest BCUT2D eigenvalue weighted by Gasteiger charge is -2.15. The predicted octanol–water partition coefficient (Wildman–Crippen LogP) is 4.64. The van der Waals surface area contributed by atoms with Gasteiger partial charge >= 0.3 is 0 Å². The Bertz CT molecular complexity index is 1160. The minimum Gasteiger partial charge on any atom is -0.326 e. The number of carbonyl (C=O) groups excluding carboxylic acids is 2. The normalized spacial score (nSPS) is 11.1. The highest BCUT2D eigenvalue weighted by Gasteiger charge is 2.15. The topological polar surface area (TPSA) is 81.1 Å². The molecule has 1 amide bonds. The van der Waals surface area contributed by atoms with Gasteiger partial charge < -0.3 is 5.32 Å². The number of carbonyl (C=O) groups is 2. The minimum atomic E-state index is -0.170. The maximum atomic E-state index is 13.0. The highest BCUT2D eigenvalue weighted by molar-refractivity contribution is 7.99. The summed E-state index contributed by atoms with van der Waals surface area (Å²) >= 11 is 7.29. The molecule has 3 rings (SSSR count). The quantitative estimate of drug-likeness (QED) is 0.327. The molecule has 6 nitrogen and oxygen atoms in total. The molecule has 1 aromatic heterocycles. The van der Waals surface area contributed by atoms with Crippen LogP contribution >= 0.6 is 23.4 Å². The molecule has 0 spiro atoms. The van der Waals surface area contributed by atoms with Crippen molar-refractivity contribution in [2.45, 2.75) is 32.5 Å². The molecular weight excluding hydrogens is 422 g/mol. The Kier molecular flexibility index (Phi) is 6.95. The summed E-state index contributed by atoms with van der Waals surface area (Å²) in [4.78, 5) is 41.4. The van der Waals surface area contributed by atoms with Crippen LogP contribution in [0.25, 0.3) is 10.9 Å². The molecule has 0 saturated carbocycles. The number of fused-ring (bicyclic) bond motifs is 1. The van der Waals surface area contributed by atoms with Crippen LogP contribution in [0.5, 0.6) is 0 Å². The summed E-state index contributed by atoms with van der Waals surface area (Å²) in [6.45, 7) is 5.96. The van der Waals surface area contributed by atoms with Gasteiger partial charge in [-0.1, -0.05) is 37.2 Å². The lowest BCUT2D eigenvalue weighted by molar-refractivity contribution is -0.114. The third-order valence-corrected chi connectivity index (χ3v) is 5.50. The molecular formula is C22H22ClN3O3S. The maximum absolute atomic E-state index is 13.0. The summed E-state index contributed by atoms with van der Waals surface area (Å²) in [5, 5.41) is 4.12. The van der Waals surface area contributed by atoms with Crippen LogP contribution in [-0.4, -0.2) is 27.0 Å². The molecule has 0 aliphatic carbocycles. The van der Waals surface area contributed by atoms with Crippen LogP contribution in [0, 0.1) is 5.92 Å². The molecule has 0 unspecified atom stereocenters. The third-order valence-electron chi connectivity index (χ3n) is 4.29. The second-order valence-corrected chi connectivity index (χ2v) is 8.71. The summed E-state index contributed by atoms with van der Waals surface area (Å²) in [6, 6.07) is 11.7. The van der Waals surface area contributed by atoms with E-state index in [2.05, 4.69) is 10.3 Å². The van der Waals surface area contributed by atoms with Gasteiger partial charge in [-0.05, 0) is 48.4 Å². The number of hydrogen-bond acceptors (Lipinski definition) is 5. The Balaban J connectivity index is 1.85. The fourth-order valence-electron chi connectivity index (χ4n) is 2.97.